The van der Waals surface area contributed by atoms with Crippen molar-refractivity contribution in [3.63, 3.8) is 0 Å². The molecular weight excluding hydrogens is 1030 g/mol. The maximum absolute atomic E-state index is 13.2. The van der Waals surface area contributed by atoms with Crippen LogP contribution in [0.2, 0.25) is 0 Å². The summed E-state index contributed by atoms with van der Waals surface area (Å²) in [4.78, 5) is 49.2. The van der Waals surface area contributed by atoms with Crippen LogP contribution in [0.5, 0.6) is 0 Å². The second-order valence-corrected chi connectivity index (χ2v) is 21.3. The van der Waals surface area contributed by atoms with E-state index in [-0.39, 0.29) is 59.8 Å². The molecule has 23 heteroatoms. The zero-order valence-electron chi connectivity index (χ0n) is 36.7. The first kappa shape index (κ1) is 52.1. The third-order valence-corrected chi connectivity index (χ3v) is 14.4. The van der Waals surface area contributed by atoms with Crippen molar-refractivity contribution in [3.05, 3.63) is 119 Å². The lowest BCUT2D eigenvalue weighted by molar-refractivity contribution is -0.684. The lowest BCUT2D eigenvalue weighted by Crippen LogP contribution is -2.38. The lowest BCUT2D eigenvalue weighted by Gasteiger charge is -2.31. The van der Waals surface area contributed by atoms with Crippen LogP contribution in [0, 0.1) is 0 Å². The first-order valence-corrected chi connectivity index (χ1v) is 26.5. The number of nitrogens with one attached hydrogen (secondary N) is 2. The Labute approximate surface area is 398 Å². The van der Waals surface area contributed by atoms with Gasteiger partial charge in [0.2, 0.25) is 5.91 Å². The Morgan fingerprint density at radius 1 is 0.909 bits per heavy atom. The number of allylic oxidation sites excluding steroid dienone is 6. The molecule has 2 aliphatic heterocycles. The summed E-state index contributed by atoms with van der Waals surface area (Å²) in [6.45, 7) is 6.19. The van der Waals surface area contributed by atoms with Crippen molar-refractivity contribution in [2.24, 2.45) is 4.99 Å². The topological polar surface area (TPSA) is 273 Å². The number of aliphatic imine (C=N–C) groups is 1. The number of pyridine rings is 1. The van der Waals surface area contributed by atoms with Gasteiger partial charge in [-0.2, -0.15) is 16.8 Å². The van der Waals surface area contributed by atoms with Gasteiger partial charge < -0.3 is 20.1 Å². The highest BCUT2D eigenvalue weighted by molar-refractivity contribution is 14.1. The highest BCUT2D eigenvalue weighted by atomic mass is 127. The summed E-state index contributed by atoms with van der Waals surface area (Å²) in [5.41, 5.74) is 1.97. The summed E-state index contributed by atoms with van der Waals surface area (Å²) in [6.07, 6.45) is 10.2. The van der Waals surface area contributed by atoms with E-state index >= 15 is 0 Å². The molecule has 0 saturated heterocycles. The maximum Gasteiger partial charge on any atom is 0.327 e. The van der Waals surface area contributed by atoms with E-state index < -0.39 is 64.5 Å². The number of hydroxylamine groups is 2. The molecule has 0 radical (unpaired) electrons. The third kappa shape index (κ3) is 12.4. The molecule has 2 aliphatic rings. The van der Waals surface area contributed by atoms with Crippen molar-refractivity contribution in [2.45, 2.75) is 55.9 Å². The molecule has 3 aromatic rings. The standard InChI is InChI=1S/C43H51IN6O13S3/c1-42(2)34-25-30(41(53)48(4)63-5)28-49(21-9-23-64(54,55)56)39(34)47-36(42)11-7-6-8-12-37-43(3,31-15-13-29(14-16-31)40(52)46-20-19-45-38(51)27-44)33-26-32(66(60,61)62)17-18-35(33)50(37)22-10-24-65(57,58)59/h6-8,11-18,25-26,28H,9-10,19-24,27H2,1-5H3,(H4-,45,46,51,52,54,55,56,57,58,59,60,61,62). The molecule has 1 unspecified atom stereocenters. The van der Waals surface area contributed by atoms with Gasteiger partial charge in [-0.3, -0.25) is 28.3 Å². The van der Waals surface area contributed by atoms with Gasteiger partial charge in [0, 0.05) is 49.4 Å². The number of nitrogens with zero attached hydrogens (tertiary/aromatic N) is 4. The van der Waals surface area contributed by atoms with E-state index in [1.807, 2.05) is 43.4 Å². The Kier molecular flexibility index (Phi) is 16.5. The van der Waals surface area contributed by atoms with Crippen LogP contribution in [-0.2, 0) is 57.4 Å². The fraction of sp³-hybridized carbons (Fsp3) is 0.372. The number of alkyl halides is 1. The molecule has 0 aliphatic carbocycles. The molecule has 0 bridgehead atoms. The fourth-order valence-electron chi connectivity index (χ4n) is 7.72. The summed E-state index contributed by atoms with van der Waals surface area (Å²) < 4.78 is 104. The molecule has 1 atom stereocenters. The number of hydrogen-bond donors (Lipinski definition) is 4. The van der Waals surface area contributed by atoms with E-state index in [2.05, 4.69) is 10.6 Å². The number of anilines is 1. The normalized spacial score (nSPS) is 17.6. The van der Waals surface area contributed by atoms with E-state index in [4.69, 9.17) is 9.83 Å². The van der Waals surface area contributed by atoms with Gasteiger partial charge in [0.15, 0.2) is 5.71 Å². The predicted molar refractivity (Wildman–Crippen MR) is 253 cm³/mol. The molecule has 0 fully saturated rings. The molecule has 356 valence electrons. The number of fused-ring (bicyclic) bond motifs is 2. The van der Waals surface area contributed by atoms with Crippen molar-refractivity contribution in [1.82, 2.24) is 15.7 Å². The molecule has 66 heavy (non-hydrogen) atoms. The number of aromatic nitrogens is 1. The molecule has 2 aromatic carbocycles. The van der Waals surface area contributed by atoms with Gasteiger partial charge in [-0.25, -0.2) is 18.0 Å². The maximum atomic E-state index is 13.2. The number of halogens is 1. The number of amides is 3. The second kappa shape index (κ2) is 21.0. The van der Waals surface area contributed by atoms with Crippen LogP contribution >= 0.6 is 22.6 Å². The number of carbonyl (C=O) groups is 3. The number of rotatable bonds is 20. The van der Waals surface area contributed by atoms with Crippen molar-refractivity contribution in [2.75, 3.05) is 54.6 Å². The fourth-order valence-corrected chi connectivity index (χ4v) is 9.47. The number of hydrogen-bond acceptors (Lipinski definition) is 13. The molecule has 0 spiro atoms. The minimum Gasteiger partial charge on any atom is -0.748 e. The van der Waals surface area contributed by atoms with E-state index in [0.717, 1.165) is 5.06 Å². The zero-order chi connectivity index (χ0) is 48.8. The molecular formula is C43H51IN6O13S3. The number of carbonyl (C=O) groups excluding carboxylic acids is 3. The van der Waals surface area contributed by atoms with Gasteiger partial charge in [-0.1, -0.05) is 53.0 Å². The Bertz CT molecular complexity index is 2850. The Morgan fingerprint density at radius 2 is 1.59 bits per heavy atom. The summed E-state index contributed by atoms with van der Waals surface area (Å²) in [6, 6.07) is 12.3. The van der Waals surface area contributed by atoms with Crippen LogP contribution in [0.4, 0.5) is 11.5 Å². The molecule has 5 rings (SSSR count). The molecule has 0 saturated carbocycles. The quantitative estimate of drug-likeness (QED) is 0.0240. The van der Waals surface area contributed by atoms with Gasteiger partial charge in [0.05, 0.1) is 60.8 Å². The number of aryl methyl sites for hydroxylation is 1. The summed E-state index contributed by atoms with van der Waals surface area (Å²) in [5.74, 6) is -1.73. The minimum atomic E-state index is -4.68. The van der Waals surface area contributed by atoms with E-state index in [0.29, 0.717) is 45.2 Å². The monoisotopic (exact) mass is 1080 g/mol. The van der Waals surface area contributed by atoms with Crippen LogP contribution in [-0.4, -0.2) is 117 Å². The Balaban J connectivity index is 1.54. The van der Waals surface area contributed by atoms with Crippen molar-refractivity contribution in [1.29, 1.82) is 0 Å². The van der Waals surface area contributed by atoms with Crippen LogP contribution in [0.25, 0.3) is 0 Å². The molecule has 3 amide bonds. The van der Waals surface area contributed by atoms with Crippen molar-refractivity contribution in [3.8, 4) is 0 Å². The van der Waals surface area contributed by atoms with Gasteiger partial charge in [-0.05, 0) is 98.3 Å². The van der Waals surface area contributed by atoms with Crippen molar-refractivity contribution >= 4 is 87.9 Å². The highest BCUT2D eigenvalue weighted by Crippen LogP contribution is 2.52. The number of benzene rings is 2. The van der Waals surface area contributed by atoms with Gasteiger partial charge >= 0.3 is 5.82 Å². The molecule has 1 aromatic heterocycles. The van der Waals surface area contributed by atoms with E-state index in [1.54, 1.807) is 70.2 Å². The van der Waals surface area contributed by atoms with Gasteiger partial charge in [0.1, 0.15) is 6.20 Å². The Hall–Kier alpha value is -4.89. The van der Waals surface area contributed by atoms with Crippen LogP contribution in [0.1, 0.15) is 71.0 Å². The smallest absolute Gasteiger partial charge is 0.327 e. The second-order valence-electron chi connectivity index (χ2n) is 16.1. The average Bonchev–Trinajstić information content (AvgIpc) is 3.65. The van der Waals surface area contributed by atoms with Gasteiger partial charge in [-0.15, -0.1) is 0 Å². The van der Waals surface area contributed by atoms with Gasteiger partial charge in [0.25, 0.3) is 32.1 Å². The minimum absolute atomic E-state index is 0.0214. The van der Waals surface area contributed by atoms with Crippen molar-refractivity contribution < 1.29 is 62.7 Å². The third-order valence-electron chi connectivity index (χ3n) is 11.2. The van der Waals surface area contributed by atoms with Crippen LogP contribution in [0.3, 0.4) is 0 Å². The predicted octanol–water partition coefficient (Wildman–Crippen LogP) is 3.53. The van der Waals surface area contributed by atoms with Crippen LogP contribution < -0.4 is 20.1 Å². The molecule has 4 N–H and O–H groups in total. The van der Waals surface area contributed by atoms with Crippen LogP contribution in [0.15, 0.2) is 101 Å². The summed E-state index contributed by atoms with van der Waals surface area (Å²) in [7, 11) is -10.7. The summed E-state index contributed by atoms with van der Waals surface area (Å²) >= 11 is 1.93. The Morgan fingerprint density at radius 3 is 2.21 bits per heavy atom. The molecule has 19 nitrogen and oxygen atoms in total. The average molecular weight is 1080 g/mol. The van der Waals surface area contributed by atoms with E-state index in [1.165, 1.54) is 38.6 Å². The van der Waals surface area contributed by atoms with E-state index in [9.17, 15) is 53.3 Å². The first-order valence-electron chi connectivity index (χ1n) is 20.4. The lowest BCUT2D eigenvalue weighted by atomic mass is 9.75. The highest BCUT2D eigenvalue weighted by Gasteiger charge is 2.46. The largest absolute Gasteiger partial charge is 0.748 e. The SMILES string of the molecule is CON(C)C(=O)c1cc2c([n+](CCCS(=O)(=O)[O-])c1)N=C(/C=C/C=C/C=C1/N(CCCS(=O)(=O)O)c3ccc(S(=O)(=O)O)cc3C1(C)c1ccc(C(=O)NCCNC(=O)CI)cc1)C2(C)C. The zero-order valence-corrected chi connectivity index (χ0v) is 41.3. The first-order chi connectivity index (χ1) is 30.8. The molecule has 3 heterocycles. The summed E-state index contributed by atoms with van der Waals surface area (Å²) in [5, 5.41) is 6.47.